The summed E-state index contributed by atoms with van der Waals surface area (Å²) >= 11 is 0. The van der Waals surface area contributed by atoms with Gasteiger partial charge in [0.05, 0.1) is 0 Å². The van der Waals surface area contributed by atoms with Crippen LogP contribution >= 0.6 is 12.4 Å². The molecule has 0 spiro atoms. The van der Waals surface area contributed by atoms with Gasteiger partial charge in [-0.1, -0.05) is 30.3 Å². The zero-order chi connectivity index (χ0) is 16.1. The molecule has 1 aromatic carbocycles. The summed E-state index contributed by atoms with van der Waals surface area (Å²) in [5.41, 5.74) is 0.889. The number of carbonyl (C=O) groups excluding carboxylic acids is 1. The molecule has 2 heterocycles. The lowest BCUT2D eigenvalue weighted by molar-refractivity contribution is -0.124. The Morgan fingerprint density at radius 3 is 2.92 bits per heavy atom. The summed E-state index contributed by atoms with van der Waals surface area (Å²) in [6, 6.07) is 9.14. The fraction of sp³-hybridized carbons (Fsp3) is 0.500. The summed E-state index contributed by atoms with van der Waals surface area (Å²) < 4.78 is 0. The normalized spacial score (nSPS) is 18.0. The Kier molecular flexibility index (Phi) is 6.69. The highest BCUT2D eigenvalue weighted by molar-refractivity contribution is 5.85. The number of hydrogen-bond acceptors (Lipinski definition) is 5. The van der Waals surface area contributed by atoms with Gasteiger partial charge in [-0.25, -0.2) is 0 Å². The van der Waals surface area contributed by atoms with E-state index in [1.54, 1.807) is 6.92 Å². The Hall–Kier alpha value is -1.99. The second kappa shape index (κ2) is 8.75. The van der Waals surface area contributed by atoms with Crippen LogP contribution in [0.15, 0.2) is 30.3 Å². The Morgan fingerprint density at radius 1 is 1.42 bits per heavy atom. The van der Waals surface area contributed by atoms with Gasteiger partial charge < -0.3 is 10.6 Å². The average Bonchev–Trinajstić information content (AvgIpc) is 3.26. The molecule has 24 heavy (non-hydrogen) atoms. The lowest BCUT2D eigenvalue weighted by atomic mass is 10.1. The van der Waals surface area contributed by atoms with Crippen molar-refractivity contribution in [1.82, 2.24) is 30.8 Å². The van der Waals surface area contributed by atoms with Crippen molar-refractivity contribution >= 4 is 18.3 Å². The molecule has 2 unspecified atom stereocenters. The van der Waals surface area contributed by atoms with Gasteiger partial charge in [-0.3, -0.25) is 4.79 Å². The average molecular weight is 351 g/mol. The van der Waals surface area contributed by atoms with Crippen molar-refractivity contribution in [2.75, 3.05) is 19.6 Å². The van der Waals surface area contributed by atoms with E-state index in [4.69, 9.17) is 0 Å². The second-order valence-corrected chi connectivity index (χ2v) is 5.91. The smallest absolute Gasteiger partial charge is 0.246 e. The number of rotatable bonds is 6. The SMILES string of the molecule is CC(C(=O)NCCC1CCNC1)n1nnc(-c2ccccc2)n1.Cl. The summed E-state index contributed by atoms with van der Waals surface area (Å²) in [6.45, 7) is 4.61. The van der Waals surface area contributed by atoms with E-state index in [-0.39, 0.29) is 18.3 Å². The van der Waals surface area contributed by atoms with Gasteiger partial charge in [0.25, 0.3) is 0 Å². The Morgan fingerprint density at radius 2 is 2.21 bits per heavy atom. The molecule has 2 N–H and O–H groups in total. The minimum absolute atomic E-state index is 0. The molecule has 3 rings (SSSR count). The summed E-state index contributed by atoms with van der Waals surface area (Å²) in [4.78, 5) is 13.6. The number of benzene rings is 1. The first-order valence-corrected chi connectivity index (χ1v) is 8.07. The molecule has 2 atom stereocenters. The molecule has 130 valence electrons. The maximum absolute atomic E-state index is 12.2. The number of nitrogens with one attached hydrogen (secondary N) is 2. The zero-order valence-electron chi connectivity index (χ0n) is 13.7. The maximum atomic E-state index is 12.2. The van der Waals surface area contributed by atoms with E-state index < -0.39 is 6.04 Å². The van der Waals surface area contributed by atoms with Crippen LogP contribution in [-0.2, 0) is 4.79 Å². The van der Waals surface area contributed by atoms with Crippen molar-refractivity contribution in [2.24, 2.45) is 5.92 Å². The number of nitrogens with zero attached hydrogens (tertiary/aromatic N) is 4. The predicted octanol–water partition coefficient (Wildman–Crippen LogP) is 1.44. The number of tetrazole rings is 1. The topological polar surface area (TPSA) is 84.7 Å². The summed E-state index contributed by atoms with van der Waals surface area (Å²) in [5.74, 6) is 1.12. The molecular weight excluding hydrogens is 328 g/mol. The van der Waals surface area contributed by atoms with E-state index in [1.807, 2.05) is 30.3 Å². The predicted molar refractivity (Wildman–Crippen MR) is 93.8 cm³/mol. The number of halogens is 1. The minimum Gasteiger partial charge on any atom is -0.354 e. The molecule has 1 fully saturated rings. The monoisotopic (exact) mass is 350 g/mol. The van der Waals surface area contributed by atoms with Gasteiger partial charge in [0.1, 0.15) is 6.04 Å². The third-order valence-corrected chi connectivity index (χ3v) is 4.20. The van der Waals surface area contributed by atoms with Crippen molar-refractivity contribution in [3.8, 4) is 11.4 Å². The number of amides is 1. The molecule has 8 heteroatoms. The Balaban J connectivity index is 0.00000208. The molecule has 0 bridgehead atoms. The van der Waals surface area contributed by atoms with Crippen LogP contribution < -0.4 is 10.6 Å². The number of hydrogen-bond donors (Lipinski definition) is 2. The van der Waals surface area contributed by atoms with Gasteiger partial charge in [0, 0.05) is 12.1 Å². The first-order chi connectivity index (χ1) is 11.2. The van der Waals surface area contributed by atoms with Crippen LogP contribution in [0.25, 0.3) is 11.4 Å². The van der Waals surface area contributed by atoms with E-state index in [1.165, 1.54) is 11.2 Å². The van der Waals surface area contributed by atoms with E-state index >= 15 is 0 Å². The van der Waals surface area contributed by atoms with Crippen LogP contribution in [-0.4, -0.2) is 45.7 Å². The molecular formula is C16H23ClN6O. The molecule has 1 aliphatic rings. The van der Waals surface area contributed by atoms with Crippen molar-refractivity contribution in [1.29, 1.82) is 0 Å². The third kappa shape index (κ3) is 4.52. The lowest BCUT2D eigenvalue weighted by Crippen LogP contribution is -2.33. The quantitative estimate of drug-likeness (QED) is 0.823. The molecule has 7 nitrogen and oxygen atoms in total. The molecule has 1 amide bonds. The second-order valence-electron chi connectivity index (χ2n) is 5.91. The Bertz CT molecular complexity index is 641. The number of aromatic nitrogens is 4. The Labute approximate surface area is 147 Å². The standard InChI is InChI=1S/C16H22N6O.ClH/c1-12(16(23)18-10-8-13-7-9-17-11-13)22-20-15(19-21-22)14-5-3-2-4-6-14;/h2-6,12-13,17H,7-11H2,1H3,(H,18,23);1H. The van der Waals surface area contributed by atoms with E-state index in [2.05, 4.69) is 26.0 Å². The van der Waals surface area contributed by atoms with E-state index in [0.29, 0.717) is 18.3 Å². The molecule has 2 aromatic rings. The van der Waals surface area contributed by atoms with E-state index in [0.717, 1.165) is 25.1 Å². The highest BCUT2D eigenvalue weighted by Crippen LogP contribution is 2.14. The summed E-state index contributed by atoms with van der Waals surface area (Å²) in [7, 11) is 0. The van der Waals surface area contributed by atoms with Crippen LogP contribution in [0.4, 0.5) is 0 Å². The largest absolute Gasteiger partial charge is 0.354 e. The first-order valence-electron chi connectivity index (χ1n) is 8.07. The van der Waals surface area contributed by atoms with Crippen LogP contribution in [0.1, 0.15) is 25.8 Å². The molecule has 0 saturated carbocycles. The van der Waals surface area contributed by atoms with Crippen molar-refractivity contribution in [3.63, 3.8) is 0 Å². The highest BCUT2D eigenvalue weighted by Gasteiger charge is 2.19. The van der Waals surface area contributed by atoms with Crippen LogP contribution in [0.2, 0.25) is 0 Å². The zero-order valence-corrected chi connectivity index (χ0v) is 14.5. The van der Waals surface area contributed by atoms with Gasteiger partial charge in [-0.15, -0.1) is 22.6 Å². The third-order valence-electron chi connectivity index (χ3n) is 4.20. The van der Waals surface area contributed by atoms with Crippen molar-refractivity contribution in [3.05, 3.63) is 30.3 Å². The molecule has 1 aliphatic heterocycles. The van der Waals surface area contributed by atoms with Gasteiger partial charge in [-0.05, 0) is 44.0 Å². The molecule has 1 aromatic heterocycles. The summed E-state index contributed by atoms with van der Waals surface area (Å²) in [5, 5.41) is 18.6. The maximum Gasteiger partial charge on any atom is 0.246 e. The van der Waals surface area contributed by atoms with Gasteiger partial charge in [0.15, 0.2) is 0 Å². The number of carbonyl (C=O) groups is 1. The molecule has 0 radical (unpaired) electrons. The lowest BCUT2D eigenvalue weighted by Gasteiger charge is -2.12. The van der Waals surface area contributed by atoms with Crippen molar-refractivity contribution in [2.45, 2.75) is 25.8 Å². The minimum atomic E-state index is -0.471. The van der Waals surface area contributed by atoms with Gasteiger partial charge in [-0.2, -0.15) is 4.80 Å². The van der Waals surface area contributed by atoms with Gasteiger partial charge in [0.2, 0.25) is 11.7 Å². The van der Waals surface area contributed by atoms with E-state index in [9.17, 15) is 4.79 Å². The van der Waals surface area contributed by atoms with Crippen LogP contribution in [0.3, 0.4) is 0 Å². The van der Waals surface area contributed by atoms with Crippen molar-refractivity contribution < 1.29 is 4.79 Å². The fourth-order valence-corrected chi connectivity index (χ4v) is 2.70. The highest BCUT2D eigenvalue weighted by atomic mass is 35.5. The van der Waals surface area contributed by atoms with Crippen LogP contribution in [0, 0.1) is 5.92 Å². The van der Waals surface area contributed by atoms with Crippen LogP contribution in [0.5, 0.6) is 0 Å². The first kappa shape index (κ1) is 18.4. The fourth-order valence-electron chi connectivity index (χ4n) is 2.70. The summed E-state index contributed by atoms with van der Waals surface area (Å²) in [6.07, 6.45) is 2.20. The molecule has 0 aliphatic carbocycles. The molecule has 1 saturated heterocycles. The van der Waals surface area contributed by atoms with Gasteiger partial charge >= 0.3 is 0 Å².